The molecule has 4 nitrogen and oxygen atoms in total. The van der Waals surface area contributed by atoms with E-state index in [1.165, 1.54) is 0 Å². The van der Waals surface area contributed by atoms with Crippen LogP contribution in [-0.2, 0) is 4.79 Å². The van der Waals surface area contributed by atoms with Crippen molar-refractivity contribution in [3.8, 4) is 5.75 Å². The Kier molecular flexibility index (Phi) is 3.55. The Morgan fingerprint density at radius 2 is 1.75 bits per heavy atom. The van der Waals surface area contributed by atoms with Crippen molar-refractivity contribution in [1.82, 2.24) is 0 Å². The molecule has 1 unspecified atom stereocenters. The fourth-order valence-corrected chi connectivity index (χ4v) is 2.06. The molecule has 0 bridgehead atoms. The van der Waals surface area contributed by atoms with E-state index in [-0.39, 0.29) is 11.7 Å². The molecule has 0 aliphatic rings. The van der Waals surface area contributed by atoms with Crippen LogP contribution in [0.15, 0.2) is 12.1 Å². The van der Waals surface area contributed by atoms with E-state index >= 15 is 0 Å². The first kappa shape index (κ1) is 12.5. The lowest BCUT2D eigenvalue weighted by Gasteiger charge is -2.21. The smallest absolute Gasteiger partial charge is 0.321 e. The van der Waals surface area contributed by atoms with Gasteiger partial charge in [0, 0.05) is 5.92 Å². The van der Waals surface area contributed by atoms with Gasteiger partial charge in [0.05, 0.1) is 0 Å². The van der Waals surface area contributed by atoms with Crippen molar-refractivity contribution in [1.29, 1.82) is 0 Å². The van der Waals surface area contributed by atoms with Crippen LogP contribution >= 0.6 is 0 Å². The van der Waals surface area contributed by atoms with Crippen molar-refractivity contribution >= 4 is 5.97 Å². The number of carboxylic acid groups (broad SMARTS) is 1. The van der Waals surface area contributed by atoms with Crippen LogP contribution in [0, 0.1) is 13.8 Å². The molecule has 0 aliphatic heterocycles. The second kappa shape index (κ2) is 4.53. The maximum atomic E-state index is 10.8. The highest BCUT2D eigenvalue weighted by atomic mass is 16.4. The highest BCUT2D eigenvalue weighted by molar-refractivity contribution is 5.74. The summed E-state index contributed by atoms with van der Waals surface area (Å²) in [6, 6.07) is 2.31. The van der Waals surface area contributed by atoms with E-state index < -0.39 is 12.0 Å². The van der Waals surface area contributed by atoms with Gasteiger partial charge in [-0.25, -0.2) is 0 Å². The molecule has 4 N–H and O–H groups in total. The molecule has 0 amide bonds. The minimum atomic E-state index is -1.01. The van der Waals surface area contributed by atoms with Gasteiger partial charge in [0.2, 0.25) is 0 Å². The summed E-state index contributed by atoms with van der Waals surface area (Å²) in [5, 5.41) is 18.3. The van der Waals surface area contributed by atoms with Crippen molar-refractivity contribution in [3.63, 3.8) is 0 Å². The van der Waals surface area contributed by atoms with Gasteiger partial charge in [-0.05, 0) is 42.7 Å². The molecule has 0 radical (unpaired) electrons. The first-order chi connectivity index (χ1) is 7.34. The monoisotopic (exact) mass is 223 g/mol. The van der Waals surface area contributed by atoms with Crippen molar-refractivity contribution < 1.29 is 15.0 Å². The second-order valence-electron chi connectivity index (χ2n) is 4.15. The molecule has 16 heavy (non-hydrogen) atoms. The third-order valence-electron chi connectivity index (χ3n) is 2.86. The normalized spacial score (nSPS) is 14.5. The molecule has 1 aromatic carbocycles. The number of aliphatic carboxylic acids is 1. The van der Waals surface area contributed by atoms with Crippen LogP contribution in [-0.4, -0.2) is 22.2 Å². The number of hydrogen-bond donors (Lipinski definition) is 3. The highest BCUT2D eigenvalue weighted by Crippen LogP contribution is 2.29. The van der Waals surface area contributed by atoms with Gasteiger partial charge in [-0.15, -0.1) is 0 Å². The SMILES string of the molecule is Cc1cc(O)cc(C)c1C(C)[C@@H](N)C(=O)O. The lowest BCUT2D eigenvalue weighted by atomic mass is 9.87. The molecular formula is C12H17NO3. The van der Waals surface area contributed by atoms with Crippen LogP contribution < -0.4 is 5.73 Å². The summed E-state index contributed by atoms with van der Waals surface area (Å²) in [7, 11) is 0. The number of hydrogen-bond acceptors (Lipinski definition) is 3. The van der Waals surface area contributed by atoms with Crippen LogP contribution in [0.1, 0.15) is 29.5 Å². The van der Waals surface area contributed by atoms with E-state index in [0.717, 1.165) is 16.7 Å². The topological polar surface area (TPSA) is 83.5 Å². The summed E-state index contributed by atoms with van der Waals surface area (Å²) in [6.45, 7) is 5.46. The number of carbonyl (C=O) groups is 1. The number of benzene rings is 1. The zero-order valence-electron chi connectivity index (χ0n) is 9.69. The largest absolute Gasteiger partial charge is 0.508 e. The molecule has 0 saturated carbocycles. The summed E-state index contributed by atoms with van der Waals surface area (Å²) in [4.78, 5) is 10.8. The van der Waals surface area contributed by atoms with Crippen molar-refractivity contribution in [2.24, 2.45) is 5.73 Å². The molecule has 0 saturated heterocycles. The summed E-state index contributed by atoms with van der Waals surface area (Å²) in [6.07, 6.45) is 0. The van der Waals surface area contributed by atoms with E-state index in [1.54, 1.807) is 19.1 Å². The third-order valence-corrected chi connectivity index (χ3v) is 2.86. The number of aryl methyl sites for hydroxylation is 2. The van der Waals surface area contributed by atoms with E-state index in [4.69, 9.17) is 10.8 Å². The zero-order chi connectivity index (χ0) is 12.5. The van der Waals surface area contributed by atoms with Crippen molar-refractivity contribution in [3.05, 3.63) is 28.8 Å². The minimum absolute atomic E-state index is 0.190. The molecule has 0 aromatic heterocycles. The number of nitrogens with two attached hydrogens (primary N) is 1. The number of carboxylic acids is 1. The lowest BCUT2D eigenvalue weighted by Crippen LogP contribution is -2.35. The first-order valence-corrected chi connectivity index (χ1v) is 5.13. The third kappa shape index (κ3) is 2.33. The van der Waals surface area contributed by atoms with Gasteiger partial charge in [-0.1, -0.05) is 6.92 Å². The van der Waals surface area contributed by atoms with E-state index in [9.17, 15) is 9.90 Å². The Labute approximate surface area is 94.7 Å². The van der Waals surface area contributed by atoms with Crippen LogP contribution in [0.25, 0.3) is 0 Å². The van der Waals surface area contributed by atoms with E-state index in [2.05, 4.69) is 0 Å². The molecule has 2 atom stereocenters. The highest BCUT2D eigenvalue weighted by Gasteiger charge is 2.24. The molecule has 1 aromatic rings. The van der Waals surface area contributed by atoms with Gasteiger partial charge < -0.3 is 15.9 Å². The van der Waals surface area contributed by atoms with Crippen molar-refractivity contribution in [2.75, 3.05) is 0 Å². The lowest BCUT2D eigenvalue weighted by molar-refractivity contribution is -0.139. The Bertz CT molecular complexity index is 392. The maximum absolute atomic E-state index is 10.8. The van der Waals surface area contributed by atoms with E-state index in [1.807, 2.05) is 13.8 Å². The first-order valence-electron chi connectivity index (χ1n) is 5.13. The maximum Gasteiger partial charge on any atom is 0.321 e. The number of phenols is 1. The van der Waals surface area contributed by atoms with Crippen LogP contribution in [0.5, 0.6) is 5.75 Å². The molecule has 0 heterocycles. The van der Waals surface area contributed by atoms with Gasteiger partial charge in [0.15, 0.2) is 0 Å². The molecule has 88 valence electrons. The average molecular weight is 223 g/mol. The van der Waals surface area contributed by atoms with Crippen LogP contribution in [0.2, 0.25) is 0 Å². The Morgan fingerprint density at radius 1 is 1.31 bits per heavy atom. The molecule has 4 heteroatoms. The Morgan fingerprint density at radius 3 is 2.12 bits per heavy atom. The van der Waals surface area contributed by atoms with Gasteiger partial charge in [-0.3, -0.25) is 4.79 Å². The molecule has 0 aliphatic carbocycles. The predicted molar refractivity (Wildman–Crippen MR) is 61.6 cm³/mol. The predicted octanol–water partition coefficient (Wildman–Crippen LogP) is 1.52. The Hall–Kier alpha value is -1.55. The summed E-state index contributed by atoms with van der Waals surface area (Å²) < 4.78 is 0. The number of rotatable bonds is 3. The van der Waals surface area contributed by atoms with Gasteiger partial charge >= 0.3 is 5.97 Å². The van der Waals surface area contributed by atoms with Gasteiger partial charge in [0.25, 0.3) is 0 Å². The number of aromatic hydroxyl groups is 1. The Balaban J connectivity index is 3.18. The number of phenolic OH excluding ortho intramolecular Hbond substituents is 1. The van der Waals surface area contributed by atoms with Crippen molar-refractivity contribution in [2.45, 2.75) is 32.7 Å². The van der Waals surface area contributed by atoms with Gasteiger partial charge in [0.1, 0.15) is 11.8 Å². The fraction of sp³-hybridized carbons (Fsp3) is 0.417. The summed E-state index contributed by atoms with van der Waals surface area (Å²) in [5.41, 5.74) is 8.23. The second-order valence-corrected chi connectivity index (χ2v) is 4.15. The average Bonchev–Trinajstić information content (AvgIpc) is 2.14. The molecular weight excluding hydrogens is 206 g/mol. The quantitative estimate of drug-likeness (QED) is 0.725. The molecule has 0 fully saturated rings. The summed E-state index contributed by atoms with van der Waals surface area (Å²) in [5.74, 6) is -1.10. The summed E-state index contributed by atoms with van der Waals surface area (Å²) >= 11 is 0. The minimum Gasteiger partial charge on any atom is -0.508 e. The van der Waals surface area contributed by atoms with Crippen LogP contribution in [0.3, 0.4) is 0 Å². The standard InChI is InChI=1S/C12H17NO3/c1-6-4-9(14)5-7(2)10(6)8(3)11(13)12(15)16/h4-5,8,11,14H,13H2,1-3H3,(H,15,16)/t8?,11-/m1/s1. The van der Waals surface area contributed by atoms with Crippen LogP contribution in [0.4, 0.5) is 0 Å². The fourth-order valence-electron chi connectivity index (χ4n) is 2.06. The molecule has 1 rings (SSSR count). The zero-order valence-corrected chi connectivity index (χ0v) is 9.69. The van der Waals surface area contributed by atoms with E-state index in [0.29, 0.717) is 0 Å². The van der Waals surface area contributed by atoms with Gasteiger partial charge in [-0.2, -0.15) is 0 Å². The molecule has 0 spiro atoms.